The van der Waals surface area contributed by atoms with Gasteiger partial charge < -0.3 is 14.6 Å². The molecule has 2 aromatic carbocycles. The third-order valence-corrected chi connectivity index (χ3v) is 8.03. The highest BCUT2D eigenvalue weighted by Gasteiger charge is 2.82. The zero-order valence-electron chi connectivity index (χ0n) is 19.2. The standard InChI is InChI=1S/C25H24F4N4O3/c26-17-3-6-20(21(27)9-17)24(34,14-33-15-30-31-32-33)25(28,29)23-11-22(12-23,13-23)16-1-4-18(5-2-16)36-19-7-8-35-10-19/h1-6,9,15,19,34H,7-8,10-14H2/t19-,22?,23?,24+/m0/s1. The molecule has 2 heterocycles. The number of aromatic nitrogens is 4. The number of rotatable bonds is 8. The summed E-state index contributed by atoms with van der Waals surface area (Å²) >= 11 is 0. The third-order valence-electron chi connectivity index (χ3n) is 8.03. The van der Waals surface area contributed by atoms with Crippen molar-refractivity contribution in [3.8, 4) is 5.75 Å². The molecule has 7 nitrogen and oxygen atoms in total. The molecule has 190 valence electrons. The van der Waals surface area contributed by atoms with E-state index in [9.17, 15) is 13.9 Å². The first kappa shape index (κ1) is 23.4. The molecule has 2 atom stereocenters. The van der Waals surface area contributed by atoms with Crippen molar-refractivity contribution in [2.24, 2.45) is 5.41 Å². The lowest BCUT2D eigenvalue weighted by atomic mass is 9.30. The van der Waals surface area contributed by atoms with Crippen molar-refractivity contribution in [1.29, 1.82) is 0 Å². The summed E-state index contributed by atoms with van der Waals surface area (Å²) in [4.78, 5) is 0. The molecular weight excluding hydrogens is 480 g/mol. The molecule has 0 radical (unpaired) electrons. The van der Waals surface area contributed by atoms with E-state index in [1.807, 2.05) is 24.3 Å². The van der Waals surface area contributed by atoms with Crippen LogP contribution in [0.5, 0.6) is 5.75 Å². The number of alkyl halides is 2. The molecule has 3 aliphatic carbocycles. The summed E-state index contributed by atoms with van der Waals surface area (Å²) in [5.41, 5.74) is -4.73. The lowest BCUT2D eigenvalue weighted by Gasteiger charge is -2.74. The summed E-state index contributed by atoms with van der Waals surface area (Å²) in [6, 6.07) is 9.64. The van der Waals surface area contributed by atoms with Crippen molar-refractivity contribution in [2.45, 2.75) is 55.3 Å². The van der Waals surface area contributed by atoms with Crippen molar-refractivity contribution in [3.05, 3.63) is 71.6 Å². The minimum absolute atomic E-state index is 0.0116. The van der Waals surface area contributed by atoms with Crippen LogP contribution in [0.25, 0.3) is 0 Å². The van der Waals surface area contributed by atoms with Crippen LogP contribution < -0.4 is 4.74 Å². The van der Waals surface area contributed by atoms with Crippen molar-refractivity contribution < 1.29 is 32.1 Å². The number of ether oxygens (including phenoxy) is 2. The summed E-state index contributed by atoms with van der Waals surface area (Å²) in [7, 11) is 0. The summed E-state index contributed by atoms with van der Waals surface area (Å²) in [5.74, 6) is -5.24. The molecule has 7 rings (SSSR count). The van der Waals surface area contributed by atoms with Crippen LogP contribution in [-0.4, -0.2) is 50.6 Å². The van der Waals surface area contributed by atoms with Crippen LogP contribution in [0.1, 0.15) is 36.8 Å². The molecule has 4 fully saturated rings. The van der Waals surface area contributed by atoms with E-state index in [4.69, 9.17) is 9.47 Å². The smallest absolute Gasteiger partial charge is 0.287 e. The number of tetrazole rings is 1. The maximum Gasteiger partial charge on any atom is 0.287 e. The molecular formula is C25H24F4N4O3. The topological polar surface area (TPSA) is 82.3 Å². The third kappa shape index (κ3) is 3.36. The van der Waals surface area contributed by atoms with Gasteiger partial charge in [0.05, 0.1) is 19.8 Å². The Labute approximate surface area is 204 Å². The van der Waals surface area contributed by atoms with Gasteiger partial charge in [-0.2, -0.15) is 0 Å². The molecule has 1 aliphatic heterocycles. The second-order valence-electron chi connectivity index (χ2n) is 10.3. The minimum Gasteiger partial charge on any atom is -0.488 e. The molecule has 11 heteroatoms. The Morgan fingerprint density at radius 2 is 1.86 bits per heavy atom. The molecule has 0 amide bonds. The highest BCUT2D eigenvalue weighted by Crippen LogP contribution is 2.80. The van der Waals surface area contributed by atoms with Crippen LogP contribution in [0.2, 0.25) is 0 Å². The van der Waals surface area contributed by atoms with E-state index in [2.05, 4.69) is 15.5 Å². The first-order valence-electron chi connectivity index (χ1n) is 11.8. The van der Waals surface area contributed by atoms with Crippen molar-refractivity contribution in [3.63, 3.8) is 0 Å². The van der Waals surface area contributed by atoms with E-state index < -0.39 is 46.1 Å². The van der Waals surface area contributed by atoms with Gasteiger partial charge in [-0.25, -0.2) is 22.2 Å². The van der Waals surface area contributed by atoms with Gasteiger partial charge in [0.2, 0.25) is 0 Å². The normalized spacial score (nSPS) is 28.8. The van der Waals surface area contributed by atoms with Crippen LogP contribution in [-0.2, 0) is 22.3 Å². The number of hydrogen-bond donors (Lipinski definition) is 1. The molecule has 36 heavy (non-hydrogen) atoms. The number of benzene rings is 2. The maximum atomic E-state index is 16.3. The van der Waals surface area contributed by atoms with Crippen LogP contribution in [0.4, 0.5) is 17.6 Å². The zero-order chi connectivity index (χ0) is 25.2. The fourth-order valence-corrected chi connectivity index (χ4v) is 6.22. The molecule has 1 saturated heterocycles. The summed E-state index contributed by atoms with van der Waals surface area (Å²) in [6.45, 7) is 0.427. The van der Waals surface area contributed by atoms with E-state index in [0.29, 0.717) is 25.0 Å². The van der Waals surface area contributed by atoms with Gasteiger partial charge in [0.1, 0.15) is 29.8 Å². The molecule has 3 saturated carbocycles. The van der Waals surface area contributed by atoms with E-state index in [-0.39, 0.29) is 25.4 Å². The summed E-state index contributed by atoms with van der Waals surface area (Å²) in [5, 5.41) is 21.9. The molecule has 0 spiro atoms. The first-order valence-corrected chi connectivity index (χ1v) is 11.8. The Balaban J connectivity index is 1.25. The second kappa shape index (κ2) is 7.97. The largest absolute Gasteiger partial charge is 0.488 e. The Kier molecular flexibility index (Phi) is 5.17. The van der Waals surface area contributed by atoms with Gasteiger partial charge in [0, 0.05) is 23.5 Å². The predicted octanol–water partition coefficient (Wildman–Crippen LogP) is 3.76. The molecule has 1 N–H and O–H groups in total. The van der Waals surface area contributed by atoms with Gasteiger partial charge in [-0.05, 0) is 64.9 Å². The monoisotopic (exact) mass is 504 g/mol. The van der Waals surface area contributed by atoms with Crippen molar-refractivity contribution >= 4 is 0 Å². The van der Waals surface area contributed by atoms with Crippen LogP contribution in [0.3, 0.4) is 0 Å². The van der Waals surface area contributed by atoms with Gasteiger partial charge in [-0.15, -0.1) is 5.10 Å². The minimum atomic E-state index is -3.75. The van der Waals surface area contributed by atoms with E-state index in [1.165, 1.54) is 0 Å². The summed E-state index contributed by atoms with van der Waals surface area (Å²) in [6.07, 6.45) is 2.29. The Morgan fingerprint density at radius 1 is 1.11 bits per heavy atom. The van der Waals surface area contributed by atoms with Gasteiger partial charge >= 0.3 is 0 Å². The predicted molar refractivity (Wildman–Crippen MR) is 117 cm³/mol. The highest BCUT2D eigenvalue weighted by atomic mass is 19.3. The Morgan fingerprint density at radius 3 is 2.47 bits per heavy atom. The molecule has 2 bridgehead atoms. The van der Waals surface area contributed by atoms with Crippen molar-refractivity contribution in [2.75, 3.05) is 13.2 Å². The van der Waals surface area contributed by atoms with Crippen LogP contribution >= 0.6 is 0 Å². The van der Waals surface area contributed by atoms with Gasteiger partial charge in [-0.3, -0.25) is 0 Å². The summed E-state index contributed by atoms with van der Waals surface area (Å²) < 4.78 is 72.9. The van der Waals surface area contributed by atoms with Crippen molar-refractivity contribution in [1.82, 2.24) is 20.2 Å². The number of aliphatic hydroxyl groups is 1. The molecule has 1 aromatic heterocycles. The first-order chi connectivity index (χ1) is 17.2. The Bertz CT molecular complexity index is 1250. The average molecular weight is 504 g/mol. The maximum absolute atomic E-state index is 16.3. The number of nitrogens with zero attached hydrogens (tertiary/aromatic N) is 4. The zero-order valence-corrected chi connectivity index (χ0v) is 19.2. The van der Waals surface area contributed by atoms with Crippen LogP contribution in [0, 0.1) is 17.0 Å². The SMILES string of the molecule is O[C@](Cn1cnnn1)(c1ccc(F)cc1F)C(F)(F)C12CC(c3ccc(O[C@H]4CCOC4)cc3)(C1)C2. The van der Waals surface area contributed by atoms with Gasteiger partial charge in [0.25, 0.3) is 5.92 Å². The van der Waals surface area contributed by atoms with Crippen LogP contribution in [0.15, 0.2) is 48.8 Å². The lowest BCUT2D eigenvalue weighted by Crippen LogP contribution is -2.76. The lowest BCUT2D eigenvalue weighted by molar-refractivity contribution is -0.347. The average Bonchev–Trinajstić information content (AvgIpc) is 3.47. The quantitative estimate of drug-likeness (QED) is 0.471. The molecule has 0 unspecified atom stereocenters. The fraction of sp³-hybridized carbons (Fsp3) is 0.480. The molecule has 4 aliphatic rings. The van der Waals surface area contributed by atoms with E-state index >= 15 is 8.78 Å². The van der Waals surface area contributed by atoms with E-state index in [1.54, 1.807) is 0 Å². The number of halogens is 4. The Hall–Kier alpha value is -3.05. The van der Waals surface area contributed by atoms with E-state index in [0.717, 1.165) is 35.1 Å². The number of hydrogen-bond acceptors (Lipinski definition) is 6. The van der Waals surface area contributed by atoms with Gasteiger partial charge in [-0.1, -0.05) is 12.1 Å². The molecule has 3 aromatic rings. The van der Waals surface area contributed by atoms with Gasteiger partial charge in [0.15, 0.2) is 5.60 Å². The fourth-order valence-electron chi connectivity index (χ4n) is 6.22. The second-order valence-corrected chi connectivity index (χ2v) is 10.3. The highest BCUT2D eigenvalue weighted by molar-refractivity contribution is 5.44.